The monoisotopic (exact) mass is 359 g/mol. The Morgan fingerprint density at radius 1 is 1.12 bits per heavy atom. The Hall–Kier alpha value is -2.55. The maximum atomic E-state index is 11.9. The number of alkyl carbamates (subject to hydrolysis) is 1. The number of amides is 2. The van der Waals surface area contributed by atoms with Crippen molar-refractivity contribution in [1.82, 2.24) is 10.6 Å². The van der Waals surface area contributed by atoms with Gasteiger partial charge in [-0.05, 0) is 30.2 Å². The second-order valence-corrected chi connectivity index (χ2v) is 6.68. The molecule has 142 valence electrons. The Balaban J connectivity index is 2.08. The molecule has 2 unspecified atom stereocenters. The van der Waals surface area contributed by atoms with Crippen molar-refractivity contribution in [3.05, 3.63) is 35.9 Å². The minimum absolute atomic E-state index is 0.00446. The Morgan fingerprint density at radius 3 is 2.54 bits per heavy atom. The van der Waals surface area contributed by atoms with Gasteiger partial charge in [0.2, 0.25) is 5.91 Å². The SMILES string of the molecule is CC(CC#N)CCNC(=O)CC(C)CCOC(=O)NCc1ccccc1. The fourth-order valence-electron chi connectivity index (χ4n) is 2.38. The van der Waals surface area contributed by atoms with Crippen LogP contribution in [0.15, 0.2) is 30.3 Å². The van der Waals surface area contributed by atoms with Gasteiger partial charge in [-0.25, -0.2) is 4.79 Å². The number of nitrogens with zero attached hydrogens (tertiary/aromatic N) is 1. The third-order valence-electron chi connectivity index (χ3n) is 4.06. The van der Waals surface area contributed by atoms with Crippen molar-refractivity contribution in [2.45, 2.75) is 46.1 Å². The zero-order chi connectivity index (χ0) is 19.2. The van der Waals surface area contributed by atoms with Crippen LogP contribution in [0.3, 0.4) is 0 Å². The highest BCUT2D eigenvalue weighted by atomic mass is 16.5. The lowest BCUT2D eigenvalue weighted by Crippen LogP contribution is -2.28. The van der Waals surface area contributed by atoms with E-state index in [0.29, 0.717) is 38.3 Å². The first-order valence-electron chi connectivity index (χ1n) is 9.09. The van der Waals surface area contributed by atoms with Crippen molar-refractivity contribution in [2.75, 3.05) is 13.2 Å². The van der Waals surface area contributed by atoms with Gasteiger partial charge in [-0.1, -0.05) is 44.2 Å². The number of carbonyl (C=O) groups excluding carboxylic acids is 2. The molecule has 0 fully saturated rings. The van der Waals surface area contributed by atoms with Gasteiger partial charge in [-0.15, -0.1) is 0 Å². The third-order valence-corrected chi connectivity index (χ3v) is 4.06. The maximum absolute atomic E-state index is 11.9. The lowest BCUT2D eigenvalue weighted by atomic mass is 10.0. The van der Waals surface area contributed by atoms with Gasteiger partial charge in [0, 0.05) is 25.9 Å². The van der Waals surface area contributed by atoms with E-state index in [2.05, 4.69) is 16.7 Å². The highest BCUT2D eigenvalue weighted by Gasteiger charge is 2.11. The second kappa shape index (κ2) is 12.8. The van der Waals surface area contributed by atoms with Crippen LogP contribution in [-0.4, -0.2) is 25.2 Å². The van der Waals surface area contributed by atoms with Gasteiger partial charge in [0.05, 0.1) is 12.7 Å². The predicted molar refractivity (Wildman–Crippen MR) is 100 cm³/mol. The molecule has 0 aliphatic carbocycles. The molecule has 0 saturated carbocycles. The average Bonchev–Trinajstić information content (AvgIpc) is 2.61. The highest BCUT2D eigenvalue weighted by Crippen LogP contribution is 2.08. The molecule has 2 amide bonds. The first-order valence-corrected chi connectivity index (χ1v) is 9.09. The van der Waals surface area contributed by atoms with E-state index in [4.69, 9.17) is 10.00 Å². The summed E-state index contributed by atoms with van der Waals surface area (Å²) in [6, 6.07) is 11.7. The second-order valence-electron chi connectivity index (χ2n) is 6.68. The van der Waals surface area contributed by atoms with E-state index in [1.54, 1.807) is 0 Å². The molecule has 1 aromatic carbocycles. The number of rotatable bonds is 11. The molecule has 6 nitrogen and oxygen atoms in total. The normalized spacial score (nSPS) is 12.5. The molecule has 0 aliphatic rings. The highest BCUT2D eigenvalue weighted by molar-refractivity contribution is 5.76. The molecule has 0 radical (unpaired) electrons. The van der Waals surface area contributed by atoms with Crippen LogP contribution in [-0.2, 0) is 16.1 Å². The summed E-state index contributed by atoms with van der Waals surface area (Å²) in [5, 5.41) is 14.2. The zero-order valence-electron chi connectivity index (χ0n) is 15.7. The van der Waals surface area contributed by atoms with E-state index in [1.807, 2.05) is 44.2 Å². The number of carbonyl (C=O) groups is 2. The van der Waals surface area contributed by atoms with Gasteiger partial charge in [-0.3, -0.25) is 4.79 Å². The Kier molecular flexibility index (Phi) is 10.5. The molecule has 0 heterocycles. The van der Waals surface area contributed by atoms with Crippen LogP contribution in [0.1, 0.15) is 45.1 Å². The molecular weight excluding hydrogens is 330 g/mol. The number of hydrogen-bond donors (Lipinski definition) is 2. The van der Waals surface area contributed by atoms with Crippen molar-refractivity contribution in [1.29, 1.82) is 5.26 Å². The van der Waals surface area contributed by atoms with E-state index in [9.17, 15) is 9.59 Å². The Bertz CT molecular complexity index is 584. The van der Waals surface area contributed by atoms with Gasteiger partial charge < -0.3 is 15.4 Å². The molecule has 0 aliphatic heterocycles. The van der Waals surface area contributed by atoms with Gasteiger partial charge in [0.15, 0.2) is 0 Å². The first-order chi connectivity index (χ1) is 12.5. The molecule has 0 aromatic heterocycles. The first kappa shape index (κ1) is 21.5. The summed E-state index contributed by atoms with van der Waals surface area (Å²) in [7, 11) is 0. The van der Waals surface area contributed by atoms with Crippen molar-refractivity contribution < 1.29 is 14.3 Å². The van der Waals surface area contributed by atoms with Gasteiger partial charge in [0.25, 0.3) is 0 Å². The summed E-state index contributed by atoms with van der Waals surface area (Å²) in [5.41, 5.74) is 1.01. The summed E-state index contributed by atoms with van der Waals surface area (Å²) >= 11 is 0. The zero-order valence-corrected chi connectivity index (χ0v) is 15.7. The predicted octanol–water partition coefficient (Wildman–Crippen LogP) is 3.39. The Labute approximate surface area is 155 Å². The standard InChI is InChI=1S/C20H29N3O3/c1-16(8-11-21)9-12-22-19(24)14-17(2)10-13-26-20(25)23-15-18-6-4-3-5-7-18/h3-7,16-17H,8-10,12-15H2,1-2H3,(H,22,24)(H,23,25). The number of benzene rings is 1. The van der Waals surface area contributed by atoms with Crippen LogP contribution in [0.5, 0.6) is 0 Å². The number of nitrogens with one attached hydrogen (secondary N) is 2. The van der Waals surface area contributed by atoms with Crippen molar-refractivity contribution in [2.24, 2.45) is 11.8 Å². The fourth-order valence-corrected chi connectivity index (χ4v) is 2.38. The summed E-state index contributed by atoms with van der Waals surface area (Å²) in [6.45, 7) is 5.27. The molecule has 26 heavy (non-hydrogen) atoms. The van der Waals surface area contributed by atoms with Crippen LogP contribution in [0, 0.1) is 23.2 Å². The minimum Gasteiger partial charge on any atom is -0.450 e. The minimum atomic E-state index is -0.447. The largest absolute Gasteiger partial charge is 0.450 e. The molecule has 6 heteroatoms. The molecule has 1 aromatic rings. The smallest absolute Gasteiger partial charge is 0.407 e. The number of ether oxygens (including phenoxy) is 1. The Morgan fingerprint density at radius 2 is 1.85 bits per heavy atom. The van der Waals surface area contributed by atoms with Crippen LogP contribution in [0.2, 0.25) is 0 Å². The van der Waals surface area contributed by atoms with Crippen LogP contribution in [0.25, 0.3) is 0 Å². The van der Waals surface area contributed by atoms with Gasteiger partial charge >= 0.3 is 6.09 Å². The third kappa shape index (κ3) is 10.3. The van der Waals surface area contributed by atoms with Crippen molar-refractivity contribution >= 4 is 12.0 Å². The summed E-state index contributed by atoms with van der Waals surface area (Å²) in [6.07, 6.45) is 1.91. The van der Waals surface area contributed by atoms with Gasteiger partial charge in [0.1, 0.15) is 0 Å². The van der Waals surface area contributed by atoms with Gasteiger partial charge in [-0.2, -0.15) is 5.26 Å². The van der Waals surface area contributed by atoms with E-state index in [1.165, 1.54) is 0 Å². The van der Waals surface area contributed by atoms with Crippen molar-refractivity contribution in [3.63, 3.8) is 0 Å². The number of nitriles is 1. The quantitative estimate of drug-likeness (QED) is 0.633. The van der Waals surface area contributed by atoms with E-state index >= 15 is 0 Å². The topological polar surface area (TPSA) is 91.2 Å². The molecule has 0 bridgehead atoms. The molecule has 1 rings (SSSR count). The van der Waals surface area contributed by atoms with Crippen LogP contribution >= 0.6 is 0 Å². The summed E-state index contributed by atoms with van der Waals surface area (Å²) in [5.74, 6) is 0.421. The van der Waals surface area contributed by atoms with Crippen LogP contribution < -0.4 is 10.6 Å². The summed E-state index contributed by atoms with van der Waals surface area (Å²) in [4.78, 5) is 23.5. The fraction of sp³-hybridized carbons (Fsp3) is 0.550. The molecule has 0 saturated heterocycles. The lowest BCUT2D eigenvalue weighted by Gasteiger charge is -2.13. The summed E-state index contributed by atoms with van der Waals surface area (Å²) < 4.78 is 5.14. The van der Waals surface area contributed by atoms with E-state index in [-0.39, 0.29) is 18.4 Å². The average molecular weight is 359 g/mol. The number of hydrogen-bond acceptors (Lipinski definition) is 4. The lowest BCUT2D eigenvalue weighted by molar-refractivity contribution is -0.122. The molecule has 2 N–H and O–H groups in total. The van der Waals surface area contributed by atoms with Crippen LogP contribution in [0.4, 0.5) is 4.79 Å². The van der Waals surface area contributed by atoms with E-state index in [0.717, 1.165) is 12.0 Å². The molecule has 2 atom stereocenters. The van der Waals surface area contributed by atoms with Crippen molar-refractivity contribution in [3.8, 4) is 6.07 Å². The van der Waals surface area contributed by atoms with E-state index < -0.39 is 6.09 Å². The molecule has 0 spiro atoms. The molecular formula is C20H29N3O3. The maximum Gasteiger partial charge on any atom is 0.407 e.